The molecule has 5 nitrogen and oxygen atoms in total. The van der Waals surface area contributed by atoms with Gasteiger partial charge in [-0.3, -0.25) is 0 Å². The van der Waals surface area contributed by atoms with Crippen LogP contribution in [0.2, 0.25) is 0 Å². The largest absolute Gasteiger partial charge is 0.427 e. The van der Waals surface area contributed by atoms with E-state index in [0.717, 1.165) is 5.69 Å². The van der Waals surface area contributed by atoms with Crippen LogP contribution in [-0.4, -0.2) is 9.97 Å². The van der Waals surface area contributed by atoms with Gasteiger partial charge in [-0.2, -0.15) is 0 Å². The molecule has 0 spiro atoms. The number of rotatable bonds is 3. The average Bonchev–Trinajstić information content (AvgIpc) is 3.04. The fourth-order valence-corrected chi connectivity index (χ4v) is 1.58. The van der Waals surface area contributed by atoms with E-state index in [1.807, 2.05) is 30.3 Å². The van der Waals surface area contributed by atoms with E-state index in [-0.39, 0.29) is 0 Å². The molecular formula is C12H9N3O2. The lowest BCUT2D eigenvalue weighted by Gasteiger charge is -2.17. The Kier molecular flexibility index (Phi) is 2.34. The summed E-state index contributed by atoms with van der Waals surface area (Å²) in [6.45, 7) is 0. The average molecular weight is 227 g/mol. The maximum atomic E-state index is 5.30. The van der Waals surface area contributed by atoms with E-state index in [2.05, 4.69) is 9.97 Å². The van der Waals surface area contributed by atoms with Crippen LogP contribution in [0.15, 0.2) is 64.3 Å². The Bertz CT molecular complexity index is 527. The molecule has 2 heterocycles. The van der Waals surface area contributed by atoms with Crippen LogP contribution < -0.4 is 4.90 Å². The van der Waals surface area contributed by atoms with Crippen molar-refractivity contribution in [1.29, 1.82) is 0 Å². The Labute approximate surface area is 97.3 Å². The molecule has 0 aliphatic carbocycles. The van der Waals surface area contributed by atoms with Crippen LogP contribution in [0.3, 0.4) is 0 Å². The molecule has 2 aromatic heterocycles. The first-order chi connectivity index (χ1) is 8.45. The van der Waals surface area contributed by atoms with Crippen LogP contribution in [0, 0.1) is 0 Å². The van der Waals surface area contributed by atoms with Gasteiger partial charge < -0.3 is 8.83 Å². The number of para-hydroxylation sites is 1. The third-order valence-corrected chi connectivity index (χ3v) is 2.29. The Morgan fingerprint density at radius 3 is 1.88 bits per heavy atom. The van der Waals surface area contributed by atoms with Crippen LogP contribution >= 0.6 is 0 Å². The highest BCUT2D eigenvalue weighted by atomic mass is 16.4. The number of hydrogen-bond donors (Lipinski definition) is 0. The van der Waals surface area contributed by atoms with Crippen molar-refractivity contribution < 1.29 is 8.83 Å². The molecule has 84 valence electrons. The third-order valence-electron chi connectivity index (χ3n) is 2.29. The molecule has 5 heteroatoms. The van der Waals surface area contributed by atoms with Crippen molar-refractivity contribution in [3.05, 3.63) is 55.5 Å². The molecule has 0 aliphatic rings. The molecule has 0 saturated heterocycles. The van der Waals surface area contributed by atoms with Gasteiger partial charge in [-0.1, -0.05) is 18.2 Å². The topological polar surface area (TPSA) is 55.3 Å². The van der Waals surface area contributed by atoms with Gasteiger partial charge in [0.1, 0.15) is 0 Å². The third kappa shape index (κ3) is 1.78. The lowest BCUT2D eigenvalue weighted by molar-refractivity contribution is 0.532. The highest BCUT2D eigenvalue weighted by Crippen LogP contribution is 2.33. The fourth-order valence-electron chi connectivity index (χ4n) is 1.58. The van der Waals surface area contributed by atoms with Crippen molar-refractivity contribution in [2.45, 2.75) is 0 Å². The summed E-state index contributed by atoms with van der Waals surface area (Å²) in [5.74, 6) is 1.15. The summed E-state index contributed by atoms with van der Waals surface area (Å²) in [4.78, 5) is 9.61. The van der Waals surface area contributed by atoms with Crippen molar-refractivity contribution in [3.63, 3.8) is 0 Å². The SMILES string of the molecule is c1ccc(N(c2cnco2)c2cnco2)cc1. The van der Waals surface area contributed by atoms with Gasteiger partial charge in [0.15, 0.2) is 12.8 Å². The van der Waals surface area contributed by atoms with Gasteiger partial charge in [0.05, 0.1) is 18.1 Å². The van der Waals surface area contributed by atoms with Gasteiger partial charge in [0.25, 0.3) is 0 Å². The Morgan fingerprint density at radius 2 is 1.41 bits per heavy atom. The Morgan fingerprint density at radius 1 is 0.824 bits per heavy atom. The van der Waals surface area contributed by atoms with Gasteiger partial charge in [-0.15, -0.1) is 0 Å². The van der Waals surface area contributed by atoms with Crippen LogP contribution in [0.5, 0.6) is 0 Å². The molecule has 0 saturated carbocycles. The molecule has 0 amide bonds. The number of nitrogens with zero attached hydrogens (tertiary/aromatic N) is 3. The summed E-state index contributed by atoms with van der Waals surface area (Å²) >= 11 is 0. The van der Waals surface area contributed by atoms with Crippen LogP contribution in [0.4, 0.5) is 17.5 Å². The van der Waals surface area contributed by atoms with Gasteiger partial charge in [-0.05, 0) is 12.1 Å². The number of anilines is 3. The van der Waals surface area contributed by atoms with Crippen molar-refractivity contribution in [2.75, 3.05) is 4.90 Å². The molecule has 0 atom stereocenters. The van der Waals surface area contributed by atoms with E-state index in [1.165, 1.54) is 12.8 Å². The monoisotopic (exact) mass is 227 g/mol. The fraction of sp³-hybridized carbons (Fsp3) is 0. The lowest BCUT2D eigenvalue weighted by atomic mass is 10.3. The molecule has 3 aromatic rings. The second-order valence-electron chi connectivity index (χ2n) is 3.35. The smallest absolute Gasteiger partial charge is 0.227 e. The van der Waals surface area contributed by atoms with Crippen LogP contribution in [0.1, 0.15) is 0 Å². The summed E-state index contributed by atoms with van der Waals surface area (Å²) in [5.41, 5.74) is 0.918. The highest BCUT2D eigenvalue weighted by molar-refractivity contribution is 5.68. The zero-order valence-electron chi connectivity index (χ0n) is 8.85. The predicted molar refractivity (Wildman–Crippen MR) is 61.2 cm³/mol. The number of benzene rings is 1. The maximum absolute atomic E-state index is 5.30. The zero-order chi connectivity index (χ0) is 11.5. The van der Waals surface area contributed by atoms with Gasteiger partial charge in [-0.25, -0.2) is 14.9 Å². The second-order valence-corrected chi connectivity index (χ2v) is 3.35. The second kappa shape index (κ2) is 4.13. The molecular weight excluding hydrogens is 218 g/mol. The van der Waals surface area contributed by atoms with E-state index < -0.39 is 0 Å². The van der Waals surface area contributed by atoms with Gasteiger partial charge >= 0.3 is 0 Å². The summed E-state index contributed by atoms with van der Waals surface area (Å²) in [6.07, 6.45) is 5.99. The molecule has 0 N–H and O–H groups in total. The first-order valence-electron chi connectivity index (χ1n) is 5.07. The van der Waals surface area contributed by atoms with Gasteiger partial charge in [0.2, 0.25) is 11.8 Å². The van der Waals surface area contributed by atoms with Crippen molar-refractivity contribution in [2.24, 2.45) is 0 Å². The molecule has 0 bridgehead atoms. The van der Waals surface area contributed by atoms with E-state index in [9.17, 15) is 0 Å². The molecule has 3 rings (SSSR count). The van der Waals surface area contributed by atoms with Crippen molar-refractivity contribution in [1.82, 2.24) is 9.97 Å². The number of aromatic nitrogens is 2. The lowest BCUT2D eigenvalue weighted by Crippen LogP contribution is -2.07. The molecule has 0 fully saturated rings. The van der Waals surface area contributed by atoms with Crippen LogP contribution in [0.25, 0.3) is 0 Å². The predicted octanol–water partition coefficient (Wildman–Crippen LogP) is 3.13. The van der Waals surface area contributed by atoms with Crippen LogP contribution in [-0.2, 0) is 0 Å². The molecule has 0 unspecified atom stereocenters. The normalized spacial score (nSPS) is 10.4. The summed E-state index contributed by atoms with van der Waals surface area (Å²) in [7, 11) is 0. The minimum Gasteiger partial charge on any atom is -0.427 e. The quantitative estimate of drug-likeness (QED) is 0.688. The van der Waals surface area contributed by atoms with E-state index in [0.29, 0.717) is 11.8 Å². The Balaban J connectivity index is 2.10. The summed E-state index contributed by atoms with van der Waals surface area (Å²) < 4.78 is 10.6. The summed E-state index contributed by atoms with van der Waals surface area (Å²) in [5, 5.41) is 0. The summed E-state index contributed by atoms with van der Waals surface area (Å²) in [6, 6.07) is 9.72. The zero-order valence-corrected chi connectivity index (χ0v) is 8.85. The van der Waals surface area contributed by atoms with E-state index >= 15 is 0 Å². The molecule has 0 aliphatic heterocycles. The number of hydrogen-bond acceptors (Lipinski definition) is 5. The maximum Gasteiger partial charge on any atom is 0.227 e. The van der Waals surface area contributed by atoms with Crippen molar-refractivity contribution >= 4 is 17.5 Å². The molecule has 0 radical (unpaired) electrons. The minimum absolute atomic E-state index is 0.577. The molecule has 1 aromatic carbocycles. The van der Waals surface area contributed by atoms with Crippen molar-refractivity contribution in [3.8, 4) is 0 Å². The molecule has 17 heavy (non-hydrogen) atoms. The highest BCUT2D eigenvalue weighted by Gasteiger charge is 2.17. The Hall–Kier alpha value is -2.56. The van der Waals surface area contributed by atoms with Gasteiger partial charge in [0, 0.05) is 0 Å². The standard InChI is InChI=1S/C12H9N3O2/c1-2-4-10(5-3-1)15(11-6-13-8-16-11)12-7-14-9-17-12/h1-9H. The first-order valence-corrected chi connectivity index (χ1v) is 5.07. The van der Waals surface area contributed by atoms with E-state index in [1.54, 1.807) is 17.3 Å². The van der Waals surface area contributed by atoms with E-state index in [4.69, 9.17) is 8.83 Å². The first kappa shape index (κ1) is 9.65. The number of oxazole rings is 2. The minimum atomic E-state index is 0.577.